The first-order valence-electron chi connectivity index (χ1n) is 13.0. The molecule has 0 atom stereocenters. The Morgan fingerprint density at radius 3 is 2.21 bits per heavy atom. The van der Waals surface area contributed by atoms with Crippen molar-refractivity contribution in [2.24, 2.45) is 0 Å². The zero-order valence-corrected chi connectivity index (χ0v) is 24.6. The van der Waals surface area contributed by atoms with E-state index >= 15 is 0 Å². The highest BCUT2D eigenvalue weighted by molar-refractivity contribution is 7.92. The molecule has 0 bridgehead atoms. The number of benzene rings is 3. The van der Waals surface area contributed by atoms with Crippen LogP contribution in [0.25, 0.3) is 11.4 Å². The van der Waals surface area contributed by atoms with Crippen LogP contribution in [0.1, 0.15) is 42.3 Å². The van der Waals surface area contributed by atoms with E-state index in [2.05, 4.69) is 14.9 Å². The number of nitrogens with zero attached hydrogens (tertiary/aromatic N) is 4. The molecule has 0 aliphatic heterocycles. The topological polar surface area (TPSA) is 175 Å². The van der Waals surface area contributed by atoms with E-state index in [0.29, 0.717) is 16.8 Å². The molecule has 0 aliphatic rings. The van der Waals surface area contributed by atoms with Gasteiger partial charge in [0.2, 0.25) is 5.82 Å². The molecule has 224 valence electrons. The van der Waals surface area contributed by atoms with Gasteiger partial charge < -0.3 is 14.2 Å². The van der Waals surface area contributed by atoms with Gasteiger partial charge in [0.15, 0.2) is 0 Å². The zero-order valence-electron chi connectivity index (χ0n) is 23.8. The maximum atomic E-state index is 13.3. The predicted octanol–water partition coefficient (Wildman–Crippen LogP) is 4.74. The molecule has 0 saturated heterocycles. The van der Waals surface area contributed by atoms with Gasteiger partial charge in [0, 0.05) is 35.5 Å². The Bertz CT molecular complexity index is 1730. The zero-order chi connectivity index (χ0) is 31.4. The van der Waals surface area contributed by atoms with Gasteiger partial charge in [0.25, 0.3) is 11.6 Å². The van der Waals surface area contributed by atoms with Crippen molar-refractivity contribution in [1.82, 2.24) is 15.0 Å². The molecule has 0 aliphatic carbocycles. The largest absolute Gasteiger partial charge is 0.459 e. The number of carbonyl (C=O) groups is 2. The van der Waals surface area contributed by atoms with Gasteiger partial charge in [-0.1, -0.05) is 47.1 Å². The number of rotatable bonds is 10. The van der Waals surface area contributed by atoms with Gasteiger partial charge >= 0.3 is 21.2 Å². The van der Waals surface area contributed by atoms with E-state index in [9.17, 15) is 28.1 Å². The number of nitrogens with one attached hydrogen (secondary N) is 1. The molecule has 1 amide bonds. The van der Waals surface area contributed by atoms with Crippen molar-refractivity contribution in [3.63, 3.8) is 0 Å². The molecule has 1 aromatic heterocycles. The number of anilines is 1. The van der Waals surface area contributed by atoms with Gasteiger partial charge in [-0.2, -0.15) is 13.4 Å². The van der Waals surface area contributed by atoms with Gasteiger partial charge in [0.1, 0.15) is 12.1 Å². The first-order valence-corrected chi connectivity index (χ1v) is 14.5. The van der Waals surface area contributed by atoms with Crippen LogP contribution in [0.5, 0.6) is 0 Å². The van der Waals surface area contributed by atoms with Gasteiger partial charge in [-0.3, -0.25) is 24.4 Å². The number of esters is 1. The number of amides is 1. The second kappa shape index (κ2) is 12.4. The smallest absolute Gasteiger partial charge is 0.363 e. The molecule has 3 aromatic carbocycles. The lowest BCUT2D eigenvalue weighted by Gasteiger charge is -2.25. The number of aromatic nitrogens is 2. The molecule has 0 unspecified atom stereocenters. The molecule has 1 N–H and O–H groups in total. The van der Waals surface area contributed by atoms with Gasteiger partial charge in [0.05, 0.1) is 4.92 Å². The summed E-state index contributed by atoms with van der Waals surface area (Å²) in [4.78, 5) is 41.6. The molecule has 4 aromatic rings. The number of ether oxygens (including phenoxy) is 1. The quantitative estimate of drug-likeness (QED) is 0.151. The number of aryl methyl sites for hydroxylation is 1. The maximum absolute atomic E-state index is 13.3. The second-order valence-electron chi connectivity index (χ2n) is 10.6. The first kappa shape index (κ1) is 30.8. The van der Waals surface area contributed by atoms with Crippen LogP contribution in [0.3, 0.4) is 0 Å². The summed E-state index contributed by atoms with van der Waals surface area (Å²) in [6.45, 7) is 6.64. The predicted molar refractivity (Wildman–Crippen MR) is 155 cm³/mol. The van der Waals surface area contributed by atoms with Crippen molar-refractivity contribution in [3.8, 4) is 11.4 Å². The Kier molecular flexibility index (Phi) is 8.90. The second-order valence-corrected chi connectivity index (χ2v) is 12.2. The average Bonchev–Trinajstić information content (AvgIpc) is 3.45. The van der Waals surface area contributed by atoms with E-state index in [0.717, 1.165) is 5.56 Å². The van der Waals surface area contributed by atoms with Crippen LogP contribution in [-0.4, -0.2) is 52.4 Å². The van der Waals surface area contributed by atoms with Gasteiger partial charge in [-0.15, -0.1) is 0 Å². The minimum atomic E-state index is -4.12. The SMILES string of the molecule is Cc1ccc(NS(=O)(=O)c2nc(-c3ccc(CN(CC(=O)OC(C)(C)C)C(=O)c4ccc([N+](=O)[O-])cc4)cc3)no2)cc1. The number of hydrogen-bond acceptors (Lipinski definition) is 10. The third-order valence-electron chi connectivity index (χ3n) is 5.88. The summed E-state index contributed by atoms with van der Waals surface area (Å²) in [6, 6.07) is 18.4. The van der Waals surface area contributed by atoms with E-state index < -0.39 is 37.6 Å². The highest BCUT2D eigenvalue weighted by Crippen LogP contribution is 2.22. The molecule has 0 saturated carbocycles. The van der Waals surface area contributed by atoms with Crippen molar-refractivity contribution < 1.29 is 32.2 Å². The molecule has 0 radical (unpaired) electrons. The highest BCUT2D eigenvalue weighted by atomic mass is 32.2. The summed E-state index contributed by atoms with van der Waals surface area (Å²) >= 11 is 0. The third-order valence-corrected chi connectivity index (χ3v) is 7.01. The molecule has 1 heterocycles. The van der Waals surface area contributed by atoms with Crippen molar-refractivity contribution in [3.05, 3.63) is 99.6 Å². The number of carbonyl (C=O) groups excluding carboxylic acids is 2. The normalized spacial score (nSPS) is 11.5. The molecule has 14 heteroatoms. The third kappa shape index (κ3) is 8.23. The van der Waals surface area contributed by atoms with E-state index in [1.165, 1.54) is 29.2 Å². The highest BCUT2D eigenvalue weighted by Gasteiger charge is 2.25. The summed E-state index contributed by atoms with van der Waals surface area (Å²) in [5, 5.41) is 14.2. The summed E-state index contributed by atoms with van der Waals surface area (Å²) in [6.07, 6.45) is 0. The molecule has 0 fully saturated rings. The molecule has 0 spiro atoms. The van der Waals surface area contributed by atoms with Gasteiger partial charge in [-0.25, -0.2) is 0 Å². The minimum Gasteiger partial charge on any atom is -0.459 e. The maximum Gasteiger partial charge on any atom is 0.363 e. The van der Waals surface area contributed by atoms with Crippen LogP contribution in [0.15, 0.2) is 82.5 Å². The fourth-order valence-corrected chi connectivity index (χ4v) is 4.75. The Hall–Kier alpha value is -5.11. The molecular weight excluding hydrogens is 578 g/mol. The van der Waals surface area contributed by atoms with Crippen LogP contribution in [-0.2, 0) is 26.1 Å². The number of hydrogen-bond donors (Lipinski definition) is 1. The van der Waals surface area contributed by atoms with Gasteiger partial charge in [-0.05, 0) is 57.5 Å². The fraction of sp³-hybridized carbons (Fsp3) is 0.241. The Labute approximate surface area is 247 Å². The molecule has 43 heavy (non-hydrogen) atoms. The summed E-state index contributed by atoms with van der Waals surface area (Å²) in [5.74, 6) is -1.12. The average molecular weight is 608 g/mol. The lowest BCUT2D eigenvalue weighted by molar-refractivity contribution is -0.384. The summed E-state index contributed by atoms with van der Waals surface area (Å²) in [7, 11) is -4.12. The number of nitro benzene ring substituents is 1. The lowest BCUT2D eigenvalue weighted by Crippen LogP contribution is -2.38. The van der Waals surface area contributed by atoms with Crippen LogP contribution in [0.4, 0.5) is 11.4 Å². The van der Waals surface area contributed by atoms with E-state index in [1.54, 1.807) is 69.3 Å². The van der Waals surface area contributed by atoms with Crippen molar-refractivity contribution >= 4 is 33.3 Å². The number of nitro groups is 1. The van der Waals surface area contributed by atoms with Crippen LogP contribution in [0.2, 0.25) is 0 Å². The summed E-state index contributed by atoms with van der Waals surface area (Å²) in [5.41, 5.74) is 1.60. The van der Waals surface area contributed by atoms with Crippen LogP contribution in [0, 0.1) is 17.0 Å². The van der Waals surface area contributed by atoms with Crippen molar-refractivity contribution in [1.29, 1.82) is 0 Å². The molecule has 13 nitrogen and oxygen atoms in total. The van der Waals surface area contributed by atoms with Crippen molar-refractivity contribution in [2.75, 3.05) is 11.3 Å². The van der Waals surface area contributed by atoms with Crippen LogP contribution >= 0.6 is 0 Å². The summed E-state index contributed by atoms with van der Waals surface area (Å²) < 4.78 is 38.2. The van der Waals surface area contributed by atoms with Crippen LogP contribution < -0.4 is 4.72 Å². The Morgan fingerprint density at radius 1 is 1.00 bits per heavy atom. The van der Waals surface area contributed by atoms with Crippen molar-refractivity contribution in [2.45, 2.75) is 45.1 Å². The lowest BCUT2D eigenvalue weighted by atomic mass is 10.1. The monoisotopic (exact) mass is 607 g/mol. The van der Waals surface area contributed by atoms with E-state index in [-0.39, 0.29) is 30.2 Å². The van der Waals surface area contributed by atoms with E-state index in [4.69, 9.17) is 9.26 Å². The molecule has 4 rings (SSSR count). The molecular formula is C29H29N5O8S. The van der Waals surface area contributed by atoms with E-state index in [1.807, 2.05) is 6.92 Å². The minimum absolute atomic E-state index is 0.00167. The standard InChI is InChI=1S/C29H29N5O8S/c1-19-5-13-23(14-6-19)32-43(39,40)28-30-26(31-42-28)21-9-7-20(8-10-21)17-33(18-25(35)41-29(2,3)4)27(36)22-11-15-24(16-12-22)34(37)38/h5-16,32H,17-18H2,1-4H3. The first-order chi connectivity index (χ1) is 20.2. The Morgan fingerprint density at radius 2 is 1.63 bits per heavy atom. The number of sulfonamides is 1. The fourth-order valence-electron chi connectivity index (χ4n) is 3.87. The number of non-ortho nitro benzene ring substituents is 1. The Balaban J connectivity index is 1.51.